The Morgan fingerprint density at radius 3 is 2.52 bits per heavy atom. The summed E-state index contributed by atoms with van der Waals surface area (Å²) in [7, 11) is 0. The summed E-state index contributed by atoms with van der Waals surface area (Å²) in [6, 6.07) is 9.98. The van der Waals surface area contributed by atoms with Crippen LogP contribution in [0.3, 0.4) is 0 Å². The third-order valence-electron chi connectivity index (χ3n) is 4.17. The fourth-order valence-corrected chi connectivity index (χ4v) is 5.56. The molecule has 1 amide bonds. The van der Waals surface area contributed by atoms with Crippen molar-refractivity contribution >= 4 is 50.8 Å². The van der Waals surface area contributed by atoms with Gasteiger partial charge < -0.3 is 0 Å². The van der Waals surface area contributed by atoms with Gasteiger partial charge in [-0.1, -0.05) is 23.5 Å². The van der Waals surface area contributed by atoms with Gasteiger partial charge in [0.2, 0.25) is 5.82 Å². The van der Waals surface area contributed by atoms with Gasteiger partial charge >= 0.3 is 0 Å². The molecule has 0 unspecified atom stereocenters. The average molecular weight is 439 g/mol. The third kappa shape index (κ3) is 3.35. The number of carbonyl (C=O) groups is 1. The molecule has 29 heavy (non-hydrogen) atoms. The second-order valence-electron chi connectivity index (χ2n) is 6.29. The van der Waals surface area contributed by atoms with Gasteiger partial charge in [-0.15, -0.1) is 27.8 Å². The molecule has 0 saturated carbocycles. The molecule has 144 valence electrons. The van der Waals surface area contributed by atoms with E-state index in [-0.39, 0.29) is 5.82 Å². The highest BCUT2D eigenvalue weighted by molar-refractivity contribution is 7.24. The topological polar surface area (TPSA) is 85.1 Å². The number of amides is 1. The lowest BCUT2D eigenvalue weighted by Gasteiger charge is -1.97. The number of nitrogens with one attached hydrogen (secondary N) is 1. The number of carbonyl (C=O) groups excluding carboxylic acids is 1. The lowest BCUT2D eigenvalue weighted by molar-refractivity contribution is 0.101. The van der Waals surface area contributed by atoms with Crippen molar-refractivity contribution in [2.45, 2.75) is 13.8 Å². The van der Waals surface area contributed by atoms with Crippen molar-refractivity contribution in [3.8, 4) is 20.3 Å². The Labute approximate surface area is 177 Å². The lowest BCUT2D eigenvalue weighted by atomic mass is 10.3. The Kier molecular flexibility index (Phi) is 4.46. The highest BCUT2D eigenvalue weighted by atomic mass is 32.1. The molecule has 5 aromatic heterocycles. The second-order valence-corrected chi connectivity index (χ2v) is 9.19. The number of nitrogens with zero attached hydrogens (tertiary/aromatic N) is 5. The van der Waals surface area contributed by atoms with Crippen LogP contribution < -0.4 is 5.32 Å². The van der Waals surface area contributed by atoms with Crippen molar-refractivity contribution in [1.82, 2.24) is 24.6 Å². The molecule has 0 bridgehead atoms. The number of hydrogen-bond donors (Lipinski definition) is 1. The van der Waals surface area contributed by atoms with E-state index in [1.54, 1.807) is 27.2 Å². The third-order valence-corrected chi connectivity index (χ3v) is 7.07. The minimum absolute atomic E-state index is 0.0664. The van der Waals surface area contributed by atoms with Crippen molar-refractivity contribution in [3.05, 3.63) is 58.3 Å². The quantitative estimate of drug-likeness (QED) is 0.431. The standard InChI is InChI=1S/C19H14N6OS3/c1-10-9-11(2)25-18(20-10)22-16(24-25)17(26)23-19-21-14(12-5-3-7-27-12)15(29-19)13-6-4-8-28-13/h3-9H,1-2H3,(H,21,23,26). The van der Waals surface area contributed by atoms with Crippen LogP contribution in [0.5, 0.6) is 0 Å². The van der Waals surface area contributed by atoms with Gasteiger partial charge in [-0.05, 0) is 42.8 Å². The van der Waals surface area contributed by atoms with E-state index >= 15 is 0 Å². The van der Waals surface area contributed by atoms with E-state index in [1.165, 1.54) is 11.3 Å². The van der Waals surface area contributed by atoms with Crippen LogP contribution in [-0.2, 0) is 0 Å². The molecule has 0 saturated heterocycles. The number of hydrogen-bond acceptors (Lipinski definition) is 8. The van der Waals surface area contributed by atoms with Crippen molar-refractivity contribution in [2.75, 3.05) is 5.32 Å². The first-order chi connectivity index (χ1) is 14.1. The van der Waals surface area contributed by atoms with Gasteiger partial charge in [0, 0.05) is 16.3 Å². The molecule has 0 atom stereocenters. The maximum Gasteiger partial charge on any atom is 0.297 e. The zero-order chi connectivity index (χ0) is 20.0. The molecule has 5 aromatic rings. The summed E-state index contributed by atoms with van der Waals surface area (Å²) in [6.07, 6.45) is 0. The van der Waals surface area contributed by atoms with Crippen LogP contribution in [0, 0.1) is 13.8 Å². The van der Waals surface area contributed by atoms with E-state index in [9.17, 15) is 4.79 Å². The fourth-order valence-electron chi connectivity index (χ4n) is 2.94. The molecule has 7 nitrogen and oxygen atoms in total. The van der Waals surface area contributed by atoms with Crippen LogP contribution in [0.1, 0.15) is 22.0 Å². The van der Waals surface area contributed by atoms with E-state index in [4.69, 9.17) is 0 Å². The summed E-state index contributed by atoms with van der Waals surface area (Å²) in [5.41, 5.74) is 2.57. The molecule has 0 aliphatic heterocycles. The second kappa shape index (κ2) is 7.14. The molecule has 0 spiro atoms. The van der Waals surface area contributed by atoms with Crippen molar-refractivity contribution < 1.29 is 4.79 Å². The number of rotatable bonds is 4. The number of thiazole rings is 1. The molecular weight excluding hydrogens is 424 g/mol. The van der Waals surface area contributed by atoms with E-state index in [0.717, 1.165) is 31.7 Å². The maximum atomic E-state index is 12.8. The van der Waals surface area contributed by atoms with Gasteiger partial charge in [0.15, 0.2) is 5.13 Å². The van der Waals surface area contributed by atoms with E-state index in [0.29, 0.717) is 10.9 Å². The normalized spacial score (nSPS) is 11.2. The van der Waals surface area contributed by atoms with Gasteiger partial charge in [0.1, 0.15) is 5.69 Å². The Morgan fingerprint density at radius 1 is 1.03 bits per heavy atom. The van der Waals surface area contributed by atoms with Crippen LogP contribution >= 0.6 is 34.0 Å². The van der Waals surface area contributed by atoms with Crippen molar-refractivity contribution in [3.63, 3.8) is 0 Å². The zero-order valence-corrected chi connectivity index (χ0v) is 17.9. The molecule has 0 radical (unpaired) electrons. The fraction of sp³-hybridized carbons (Fsp3) is 0.105. The van der Waals surface area contributed by atoms with E-state index in [1.807, 2.05) is 48.9 Å². The first kappa shape index (κ1) is 18.1. The summed E-state index contributed by atoms with van der Waals surface area (Å²) < 4.78 is 1.57. The largest absolute Gasteiger partial charge is 0.297 e. The summed E-state index contributed by atoms with van der Waals surface area (Å²) >= 11 is 4.72. The molecule has 0 aliphatic rings. The predicted molar refractivity (Wildman–Crippen MR) is 117 cm³/mol. The monoisotopic (exact) mass is 438 g/mol. The molecule has 0 fully saturated rings. The molecule has 5 rings (SSSR count). The number of thiophene rings is 2. The van der Waals surface area contributed by atoms with Crippen LogP contribution in [0.15, 0.2) is 41.1 Å². The Morgan fingerprint density at radius 2 is 1.79 bits per heavy atom. The first-order valence-electron chi connectivity index (χ1n) is 8.69. The summed E-state index contributed by atoms with van der Waals surface area (Å²) in [5, 5.41) is 11.7. The van der Waals surface area contributed by atoms with Crippen molar-refractivity contribution in [2.24, 2.45) is 0 Å². The minimum Gasteiger partial charge on any atom is -0.295 e. The molecule has 0 aromatic carbocycles. The van der Waals surface area contributed by atoms with Gasteiger partial charge in [0.05, 0.1) is 9.75 Å². The summed E-state index contributed by atoms with van der Waals surface area (Å²) in [5.74, 6) is 0.0684. The Balaban J connectivity index is 1.50. The van der Waals surface area contributed by atoms with Crippen LogP contribution in [-0.4, -0.2) is 30.5 Å². The number of aryl methyl sites for hydroxylation is 2. The first-order valence-corrected chi connectivity index (χ1v) is 11.3. The van der Waals surface area contributed by atoms with Gasteiger partial charge in [0.25, 0.3) is 11.7 Å². The highest BCUT2D eigenvalue weighted by Gasteiger charge is 2.20. The Bertz CT molecular complexity index is 1270. The molecule has 1 N–H and O–H groups in total. The molecule has 5 heterocycles. The molecule has 10 heteroatoms. The SMILES string of the molecule is Cc1cc(C)n2nc(C(=O)Nc3nc(-c4cccs4)c(-c4cccs4)s3)nc2n1. The van der Waals surface area contributed by atoms with E-state index < -0.39 is 5.91 Å². The Hall–Kier alpha value is -2.95. The van der Waals surface area contributed by atoms with Gasteiger partial charge in [-0.2, -0.15) is 4.98 Å². The predicted octanol–water partition coefficient (Wildman–Crippen LogP) is 4.91. The highest BCUT2D eigenvalue weighted by Crippen LogP contribution is 2.42. The average Bonchev–Trinajstić information content (AvgIpc) is 3.46. The lowest BCUT2D eigenvalue weighted by Crippen LogP contribution is -2.13. The van der Waals surface area contributed by atoms with Crippen LogP contribution in [0.4, 0.5) is 5.13 Å². The van der Waals surface area contributed by atoms with E-state index in [2.05, 4.69) is 31.4 Å². The zero-order valence-electron chi connectivity index (χ0n) is 15.4. The number of aromatic nitrogens is 5. The smallest absolute Gasteiger partial charge is 0.295 e. The van der Waals surface area contributed by atoms with Crippen molar-refractivity contribution in [1.29, 1.82) is 0 Å². The maximum absolute atomic E-state index is 12.8. The van der Waals surface area contributed by atoms with Crippen LogP contribution in [0.25, 0.3) is 26.1 Å². The minimum atomic E-state index is -0.406. The van der Waals surface area contributed by atoms with Gasteiger partial charge in [-0.3, -0.25) is 10.1 Å². The van der Waals surface area contributed by atoms with Gasteiger partial charge in [-0.25, -0.2) is 14.5 Å². The summed E-state index contributed by atoms with van der Waals surface area (Å²) in [6.45, 7) is 3.79. The summed E-state index contributed by atoms with van der Waals surface area (Å²) in [4.78, 5) is 29.3. The molecule has 0 aliphatic carbocycles. The molecular formula is C19H14N6OS3. The number of fused-ring (bicyclic) bond motifs is 1. The van der Waals surface area contributed by atoms with Crippen LogP contribution in [0.2, 0.25) is 0 Å². The number of anilines is 1.